The van der Waals surface area contributed by atoms with Crippen LogP contribution in [0.15, 0.2) is 24.4 Å². The summed E-state index contributed by atoms with van der Waals surface area (Å²) in [5, 5.41) is 8.73. The van der Waals surface area contributed by atoms with Gasteiger partial charge in [-0.1, -0.05) is 17.7 Å². The van der Waals surface area contributed by atoms with Crippen molar-refractivity contribution in [2.45, 2.75) is 27.7 Å². The van der Waals surface area contributed by atoms with Gasteiger partial charge in [0.05, 0.1) is 11.6 Å². The summed E-state index contributed by atoms with van der Waals surface area (Å²) in [4.78, 5) is 11.6. The highest BCUT2D eigenvalue weighted by Gasteiger charge is 2.15. The van der Waals surface area contributed by atoms with Crippen molar-refractivity contribution in [3.8, 4) is 0 Å². The van der Waals surface area contributed by atoms with Gasteiger partial charge in [-0.25, -0.2) is 0 Å². The molecule has 0 unspecified atom stereocenters. The Kier molecular flexibility index (Phi) is 4.38. The molecule has 0 aliphatic heterocycles. The molecule has 3 aromatic rings. The van der Waals surface area contributed by atoms with E-state index in [1.807, 2.05) is 13.2 Å². The quantitative estimate of drug-likeness (QED) is 0.777. The molecule has 2 heterocycles. The number of hydrogen-bond donors (Lipinski definition) is 1. The van der Waals surface area contributed by atoms with Gasteiger partial charge in [-0.3, -0.25) is 4.68 Å². The molecule has 126 valence electrons. The van der Waals surface area contributed by atoms with Crippen LogP contribution in [0.4, 0.5) is 17.5 Å². The normalized spacial score (nSPS) is 11.0. The lowest BCUT2D eigenvalue weighted by molar-refractivity contribution is 0.776. The lowest BCUT2D eigenvalue weighted by Gasteiger charge is -2.20. The number of nitrogens with zero attached hydrogens (tertiary/aromatic N) is 5. The molecule has 0 bridgehead atoms. The average Bonchev–Trinajstić information content (AvgIpc) is 2.93. The molecule has 0 fully saturated rings. The molecule has 0 aliphatic rings. The summed E-state index contributed by atoms with van der Waals surface area (Å²) in [7, 11) is 1.91. The van der Waals surface area contributed by atoms with Crippen molar-refractivity contribution in [2.24, 2.45) is 7.05 Å². The number of fused-ring (bicyclic) bond motifs is 1. The largest absolute Gasteiger partial charge is 0.341 e. The zero-order chi connectivity index (χ0) is 17.3. The first-order valence-corrected chi connectivity index (χ1v) is 8.32. The molecule has 0 saturated carbocycles. The summed E-state index contributed by atoms with van der Waals surface area (Å²) in [6, 6.07) is 6.35. The minimum absolute atomic E-state index is 0.725. The van der Waals surface area contributed by atoms with E-state index in [0.717, 1.165) is 41.6 Å². The maximum absolute atomic E-state index is 4.77. The molecule has 0 radical (unpaired) electrons. The van der Waals surface area contributed by atoms with Gasteiger partial charge in [0.1, 0.15) is 5.82 Å². The first-order chi connectivity index (χ1) is 11.5. The van der Waals surface area contributed by atoms with Crippen molar-refractivity contribution in [3.05, 3.63) is 35.5 Å². The second-order valence-corrected chi connectivity index (χ2v) is 5.99. The molecule has 24 heavy (non-hydrogen) atoms. The zero-order valence-corrected chi connectivity index (χ0v) is 15.0. The van der Waals surface area contributed by atoms with Crippen LogP contribution in [0.1, 0.15) is 25.0 Å². The molecule has 1 aromatic carbocycles. The fourth-order valence-corrected chi connectivity index (χ4v) is 2.84. The van der Waals surface area contributed by atoms with E-state index in [1.54, 1.807) is 4.68 Å². The summed E-state index contributed by atoms with van der Waals surface area (Å²) >= 11 is 0. The fourth-order valence-electron chi connectivity index (χ4n) is 2.84. The summed E-state index contributed by atoms with van der Waals surface area (Å²) in [5.41, 5.74) is 4.32. The van der Waals surface area contributed by atoms with Crippen molar-refractivity contribution in [3.63, 3.8) is 0 Å². The van der Waals surface area contributed by atoms with Crippen LogP contribution in [-0.2, 0) is 7.05 Å². The molecule has 0 amide bonds. The molecule has 6 nitrogen and oxygen atoms in total. The third-order valence-corrected chi connectivity index (χ3v) is 4.26. The number of aryl methyl sites for hydroxylation is 3. The van der Waals surface area contributed by atoms with E-state index in [4.69, 9.17) is 9.97 Å². The van der Waals surface area contributed by atoms with Crippen molar-refractivity contribution in [1.82, 2.24) is 19.7 Å². The first-order valence-electron chi connectivity index (χ1n) is 8.32. The van der Waals surface area contributed by atoms with Crippen LogP contribution in [0, 0.1) is 13.8 Å². The molecule has 0 spiro atoms. The van der Waals surface area contributed by atoms with E-state index in [1.165, 1.54) is 11.1 Å². The van der Waals surface area contributed by atoms with E-state index in [-0.39, 0.29) is 0 Å². The Labute approximate surface area is 142 Å². The third kappa shape index (κ3) is 2.91. The number of rotatable bonds is 5. The predicted octanol–water partition coefficient (Wildman–Crippen LogP) is 3.57. The Balaban J connectivity index is 2.11. The van der Waals surface area contributed by atoms with Gasteiger partial charge in [0, 0.05) is 25.8 Å². The standard InChI is InChI=1S/C18H24N6/c1-6-24(7-2)18-21-16(14-11-19-23(5)17(14)22-18)20-15-9-8-12(3)10-13(15)4/h8-11H,6-7H2,1-5H3,(H,20,21,22). The minimum atomic E-state index is 0.725. The van der Waals surface area contributed by atoms with E-state index in [9.17, 15) is 0 Å². The van der Waals surface area contributed by atoms with Gasteiger partial charge in [0.15, 0.2) is 5.65 Å². The number of anilines is 3. The molecular formula is C18H24N6. The maximum atomic E-state index is 4.77. The smallest absolute Gasteiger partial charge is 0.229 e. The molecule has 2 aromatic heterocycles. The molecule has 3 rings (SSSR count). The number of benzene rings is 1. The van der Waals surface area contributed by atoms with Gasteiger partial charge in [-0.15, -0.1) is 0 Å². The second-order valence-electron chi connectivity index (χ2n) is 5.99. The van der Waals surface area contributed by atoms with Crippen LogP contribution in [0.2, 0.25) is 0 Å². The minimum Gasteiger partial charge on any atom is -0.341 e. The van der Waals surface area contributed by atoms with E-state index < -0.39 is 0 Å². The Bertz CT molecular complexity index is 863. The lowest BCUT2D eigenvalue weighted by Crippen LogP contribution is -2.24. The highest BCUT2D eigenvalue weighted by atomic mass is 15.3. The topological polar surface area (TPSA) is 58.9 Å². The Morgan fingerprint density at radius 1 is 1.12 bits per heavy atom. The van der Waals surface area contributed by atoms with Crippen LogP contribution in [0.5, 0.6) is 0 Å². The predicted molar refractivity (Wildman–Crippen MR) is 99.1 cm³/mol. The number of aromatic nitrogens is 4. The highest BCUT2D eigenvalue weighted by molar-refractivity contribution is 5.89. The Morgan fingerprint density at radius 2 is 1.88 bits per heavy atom. The molecular weight excluding hydrogens is 300 g/mol. The van der Waals surface area contributed by atoms with Gasteiger partial charge >= 0.3 is 0 Å². The number of hydrogen-bond acceptors (Lipinski definition) is 5. The van der Waals surface area contributed by atoms with Crippen LogP contribution in [0.3, 0.4) is 0 Å². The van der Waals surface area contributed by atoms with Gasteiger partial charge in [0.2, 0.25) is 5.95 Å². The van der Waals surface area contributed by atoms with Crippen LogP contribution in [0.25, 0.3) is 11.0 Å². The number of nitrogens with one attached hydrogen (secondary N) is 1. The molecule has 0 atom stereocenters. The van der Waals surface area contributed by atoms with Gasteiger partial charge < -0.3 is 10.2 Å². The third-order valence-electron chi connectivity index (χ3n) is 4.26. The van der Waals surface area contributed by atoms with Gasteiger partial charge in [-0.2, -0.15) is 15.1 Å². The van der Waals surface area contributed by atoms with Crippen LogP contribution < -0.4 is 10.2 Å². The SMILES string of the molecule is CCN(CC)c1nc(Nc2ccc(C)cc2C)c2cnn(C)c2n1. The molecule has 0 aliphatic carbocycles. The fraction of sp³-hybridized carbons (Fsp3) is 0.389. The van der Waals surface area contributed by atoms with Crippen molar-refractivity contribution in [1.29, 1.82) is 0 Å². The summed E-state index contributed by atoms with van der Waals surface area (Å²) in [5.74, 6) is 1.52. The van der Waals surface area contributed by atoms with E-state index >= 15 is 0 Å². The Hall–Kier alpha value is -2.63. The van der Waals surface area contributed by atoms with Crippen LogP contribution in [-0.4, -0.2) is 32.8 Å². The average molecular weight is 324 g/mol. The maximum Gasteiger partial charge on any atom is 0.229 e. The van der Waals surface area contributed by atoms with Crippen molar-refractivity contribution < 1.29 is 0 Å². The molecule has 0 saturated heterocycles. The van der Waals surface area contributed by atoms with Crippen molar-refractivity contribution in [2.75, 3.05) is 23.3 Å². The van der Waals surface area contributed by atoms with Gasteiger partial charge in [-0.05, 0) is 39.3 Å². The summed E-state index contributed by atoms with van der Waals surface area (Å²) in [6.45, 7) is 10.1. The van der Waals surface area contributed by atoms with Crippen LogP contribution >= 0.6 is 0 Å². The Morgan fingerprint density at radius 3 is 2.54 bits per heavy atom. The monoisotopic (exact) mass is 324 g/mol. The highest BCUT2D eigenvalue weighted by Crippen LogP contribution is 2.27. The van der Waals surface area contributed by atoms with E-state index in [0.29, 0.717) is 0 Å². The van der Waals surface area contributed by atoms with E-state index in [2.05, 4.69) is 61.2 Å². The zero-order valence-electron chi connectivity index (χ0n) is 15.0. The summed E-state index contributed by atoms with van der Waals surface area (Å²) in [6.07, 6.45) is 1.81. The summed E-state index contributed by atoms with van der Waals surface area (Å²) < 4.78 is 1.79. The lowest BCUT2D eigenvalue weighted by atomic mass is 10.1. The first kappa shape index (κ1) is 16.2. The van der Waals surface area contributed by atoms with Gasteiger partial charge in [0.25, 0.3) is 0 Å². The second kappa shape index (κ2) is 6.47. The van der Waals surface area contributed by atoms with Crippen molar-refractivity contribution >= 4 is 28.5 Å². The molecule has 6 heteroatoms. The molecule has 1 N–H and O–H groups in total.